The third-order valence-electron chi connectivity index (χ3n) is 3.72. The van der Waals surface area contributed by atoms with Gasteiger partial charge in [-0.25, -0.2) is 0 Å². The molecule has 1 aliphatic heterocycles. The van der Waals surface area contributed by atoms with Crippen LogP contribution in [0.15, 0.2) is 42.6 Å². The third-order valence-corrected chi connectivity index (χ3v) is 3.72. The normalized spacial score (nSPS) is 19.3. The Hall–Kier alpha value is -2.89. The van der Waals surface area contributed by atoms with Crippen molar-refractivity contribution in [3.63, 3.8) is 0 Å². The second-order valence-corrected chi connectivity index (χ2v) is 5.59. The lowest BCUT2D eigenvalue weighted by Crippen LogP contribution is -2.58. The number of rotatable bonds is 3. The molecule has 0 spiro atoms. The number of nitrogens with zero attached hydrogens (tertiary/aromatic N) is 1. The molecule has 0 fully saturated rings. The number of carbonyl (C=O) groups is 2. The van der Waals surface area contributed by atoms with Gasteiger partial charge in [0.15, 0.2) is 0 Å². The van der Waals surface area contributed by atoms with Gasteiger partial charge in [0.05, 0.1) is 17.9 Å². The summed E-state index contributed by atoms with van der Waals surface area (Å²) in [5, 5.41) is 5.42. The molecule has 2 heterocycles. The fraction of sp³-hybridized carbons (Fsp3) is 0.235. The average molecular weight is 311 g/mol. The maximum absolute atomic E-state index is 12.5. The molecular formula is C17H17N3O3. The van der Waals surface area contributed by atoms with Crippen molar-refractivity contribution < 1.29 is 14.3 Å². The van der Waals surface area contributed by atoms with E-state index in [0.29, 0.717) is 17.1 Å². The molecule has 0 saturated heterocycles. The first-order chi connectivity index (χ1) is 11.0. The Bertz CT molecular complexity index is 761. The Morgan fingerprint density at radius 3 is 2.91 bits per heavy atom. The van der Waals surface area contributed by atoms with Crippen LogP contribution in [-0.2, 0) is 16.1 Å². The topological polar surface area (TPSA) is 80.3 Å². The molecule has 118 valence electrons. The van der Waals surface area contributed by atoms with Crippen LogP contribution in [0, 0.1) is 6.92 Å². The van der Waals surface area contributed by atoms with Gasteiger partial charge in [-0.05, 0) is 43.7 Å². The lowest BCUT2D eigenvalue weighted by Gasteiger charge is -2.33. The van der Waals surface area contributed by atoms with Crippen molar-refractivity contribution in [2.24, 2.45) is 0 Å². The van der Waals surface area contributed by atoms with Crippen molar-refractivity contribution in [3.05, 3.63) is 53.9 Å². The number of pyridine rings is 1. The summed E-state index contributed by atoms with van der Waals surface area (Å²) in [7, 11) is 0. The van der Waals surface area contributed by atoms with Gasteiger partial charge in [-0.3, -0.25) is 14.6 Å². The summed E-state index contributed by atoms with van der Waals surface area (Å²) in [5.74, 6) is -0.522. The van der Waals surface area contributed by atoms with Crippen LogP contribution in [0.5, 0.6) is 5.75 Å². The highest BCUT2D eigenvalue weighted by atomic mass is 16.5. The van der Waals surface area contributed by atoms with Gasteiger partial charge in [0.25, 0.3) is 17.4 Å². The molecule has 2 amide bonds. The Labute approximate surface area is 133 Å². The zero-order valence-corrected chi connectivity index (χ0v) is 12.9. The molecular weight excluding hydrogens is 294 g/mol. The molecule has 0 radical (unpaired) electrons. The first-order valence-electron chi connectivity index (χ1n) is 7.28. The molecule has 0 saturated carbocycles. The van der Waals surface area contributed by atoms with Crippen molar-refractivity contribution in [2.45, 2.75) is 26.0 Å². The van der Waals surface area contributed by atoms with E-state index in [1.807, 2.05) is 19.1 Å². The van der Waals surface area contributed by atoms with E-state index in [2.05, 4.69) is 15.6 Å². The number of fused-ring (bicyclic) bond motifs is 1. The molecule has 1 aromatic heterocycles. The number of benzene rings is 1. The minimum Gasteiger partial charge on any atom is -0.466 e. The van der Waals surface area contributed by atoms with E-state index in [-0.39, 0.29) is 6.54 Å². The minimum atomic E-state index is -1.61. The van der Waals surface area contributed by atoms with Crippen LogP contribution >= 0.6 is 0 Å². The Kier molecular flexibility index (Phi) is 3.73. The van der Waals surface area contributed by atoms with E-state index in [4.69, 9.17) is 4.74 Å². The number of aromatic nitrogens is 1. The van der Waals surface area contributed by atoms with Crippen LogP contribution in [0.25, 0.3) is 0 Å². The van der Waals surface area contributed by atoms with Crippen LogP contribution in [0.4, 0.5) is 5.69 Å². The monoisotopic (exact) mass is 311 g/mol. The van der Waals surface area contributed by atoms with E-state index >= 15 is 0 Å². The van der Waals surface area contributed by atoms with Gasteiger partial charge in [0.2, 0.25) is 0 Å². The SMILES string of the molecule is Cc1ccc2c(c1)NC(=O)C(C)(C(=O)NCc1ccccn1)O2. The minimum absolute atomic E-state index is 0.229. The standard InChI is InChI=1S/C17H17N3O3/c1-11-6-7-14-13(9-11)20-16(22)17(2,23-14)15(21)19-10-12-5-3-4-8-18-12/h3-9H,10H2,1-2H3,(H,19,21)(H,20,22). The van der Waals surface area contributed by atoms with Crippen LogP contribution < -0.4 is 15.4 Å². The van der Waals surface area contributed by atoms with E-state index in [1.54, 1.807) is 30.5 Å². The third kappa shape index (κ3) is 2.88. The van der Waals surface area contributed by atoms with Crippen LogP contribution in [0.2, 0.25) is 0 Å². The maximum atomic E-state index is 12.5. The maximum Gasteiger partial charge on any atom is 0.278 e. The van der Waals surface area contributed by atoms with Crippen molar-refractivity contribution in [1.29, 1.82) is 0 Å². The van der Waals surface area contributed by atoms with Crippen LogP contribution in [0.1, 0.15) is 18.2 Å². The largest absolute Gasteiger partial charge is 0.466 e. The number of amides is 2. The van der Waals surface area contributed by atoms with Crippen molar-refractivity contribution >= 4 is 17.5 Å². The molecule has 1 atom stereocenters. The van der Waals surface area contributed by atoms with Crippen molar-refractivity contribution in [2.75, 3.05) is 5.32 Å². The van der Waals surface area contributed by atoms with Crippen LogP contribution in [-0.4, -0.2) is 22.4 Å². The first-order valence-corrected chi connectivity index (χ1v) is 7.28. The number of ether oxygens (including phenoxy) is 1. The molecule has 0 bridgehead atoms. The smallest absolute Gasteiger partial charge is 0.278 e. The molecule has 2 N–H and O–H groups in total. The number of hydrogen-bond acceptors (Lipinski definition) is 4. The lowest BCUT2D eigenvalue weighted by molar-refractivity contribution is -0.146. The summed E-state index contributed by atoms with van der Waals surface area (Å²) in [6.45, 7) is 3.60. The van der Waals surface area contributed by atoms with Gasteiger partial charge in [0, 0.05) is 6.20 Å². The number of aryl methyl sites for hydroxylation is 1. The van der Waals surface area contributed by atoms with E-state index in [9.17, 15) is 9.59 Å². The molecule has 6 heteroatoms. The quantitative estimate of drug-likeness (QED) is 0.847. The zero-order chi connectivity index (χ0) is 16.4. The number of carbonyl (C=O) groups excluding carboxylic acids is 2. The predicted octanol–water partition coefficient (Wildman–Crippen LogP) is 1.80. The molecule has 6 nitrogen and oxygen atoms in total. The Balaban J connectivity index is 1.77. The highest BCUT2D eigenvalue weighted by Gasteiger charge is 2.47. The van der Waals surface area contributed by atoms with E-state index < -0.39 is 17.4 Å². The second-order valence-electron chi connectivity index (χ2n) is 5.59. The summed E-state index contributed by atoms with van der Waals surface area (Å²) < 4.78 is 5.69. The summed E-state index contributed by atoms with van der Waals surface area (Å²) in [5.41, 5.74) is 0.661. The molecule has 1 aromatic carbocycles. The molecule has 23 heavy (non-hydrogen) atoms. The molecule has 0 aliphatic carbocycles. The number of nitrogens with one attached hydrogen (secondary N) is 2. The van der Waals surface area contributed by atoms with Gasteiger partial charge in [-0.15, -0.1) is 0 Å². The fourth-order valence-corrected chi connectivity index (χ4v) is 2.33. The van der Waals surface area contributed by atoms with Crippen molar-refractivity contribution in [3.8, 4) is 5.75 Å². The van der Waals surface area contributed by atoms with E-state index in [1.165, 1.54) is 6.92 Å². The summed E-state index contributed by atoms with van der Waals surface area (Å²) in [6, 6.07) is 10.8. The number of anilines is 1. The first kappa shape index (κ1) is 15.0. The van der Waals surface area contributed by atoms with Gasteiger partial charge in [-0.2, -0.15) is 0 Å². The van der Waals surface area contributed by atoms with E-state index in [0.717, 1.165) is 5.56 Å². The average Bonchev–Trinajstić information content (AvgIpc) is 2.55. The molecule has 1 unspecified atom stereocenters. The highest BCUT2D eigenvalue weighted by Crippen LogP contribution is 2.34. The lowest BCUT2D eigenvalue weighted by atomic mass is 10.0. The molecule has 2 aromatic rings. The predicted molar refractivity (Wildman–Crippen MR) is 84.9 cm³/mol. The van der Waals surface area contributed by atoms with Gasteiger partial charge >= 0.3 is 0 Å². The van der Waals surface area contributed by atoms with Crippen molar-refractivity contribution in [1.82, 2.24) is 10.3 Å². The van der Waals surface area contributed by atoms with Gasteiger partial charge < -0.3 is 15.4 Å². The molecule has 3 rings (SSSR count). The van der Waals surface area contributed by atoms with Crippen LogP contribution in [0.3, 0.4) is 0 Å². The summed E-state index contributed by atoms with van der Waals surface area (Å²) in [6.07, 6.45) is 1.64. The summed E-state index contributed by atoms with van der Waals surface area (Å²) >= 11 is 0. The van der Waals surface area contributed by atoms with Gasteiger partial charge in [0.1, 0.15) is 5.75 Å². The zero-order valence-electron chi connectivity index (χ0n) is 12.9. The fourth-order valence-electron chi connectivity index (χ4n) is 2.33. The van der Waals surface area contributed by atoms with Gasteiger partial charge in [-0.1, -0.05) is 12.1 Å². The Morgan fingerprint density at radius 2 is 2.17 bits per heavy atom. The second kappa shape index (κ2) is 5.72. The number of hydrogen-bond donors (Lipinski definition) is 2. The highest BCUT2D eigenvalue weighted by molar-refractivity contribution is 6.15. The Morgan fingerprint density at radius 1 is 1.35 bits per heavy atom. The summed E-state index contributed by atoms with van der Waals surface area (Å²) in [4.78, 5) is 28.9. The molecule has 1 aliphatic rings.